The van der Waals surface area contributed by atoms with Crippen LogP contribution in [0.1, 0.15) is 128 Å². The molecule has 14 N–H and O–H groups in total. The summed E-state index contributed by atoms with van der Waals surface area (Å²) in [4.78, 5) is 71.3. The molecule has 0 radical (unpaired) electrons. The van der Waals surface area contributed by atoms with E-state index in [1.54, 1.807) is 98.8 Å². The van der Waals surface area contributed by atoms with Crippen molar-refractivity contribution < 1.29 is 44.1 Å². The van der Waals surface area contributed by atoms with E-state index < -0.39 is 40.7 Å². The maximum Gasteiger partial charge on any atom is 0.316 e. The maximum absolute atomic E-state index is 13.1. The molecule has 0 aliphatic rings. The van der Waals surface area contributed by atoms with E-state index in [1.165, 1.54) is 37.1 Å². The van der Waals surface area contributed by atoms with Gasteiger partial charge >= 0.3 is 18.0 Å². The van der Waals surface area contributed by atoms with Gasteiger partial charge in [0.05, 0.1) is 16.8 Å². The number of hydrogen-bond acceptors (Lipinski definition) is 13. The number of urea groups is 2. The Morgan fingerprint density at radius 3 is 1.15 bits per heavy atom. The number of aliphatic hydroxyl groups excluding tert-OH is 2. The van der Waals surface area contributed by atoms with Crippen LogP contribution in [0.4, 0.5) is 55.1 Å². The first kappa shape index (κ1) is 81.5. The molecule has 2 atom stereocenters. The predicted octanol–water partition coefficient (Wildman–Crippen LogP) is 17.2. The lowest BCUT2D eigenvalue weighted by molar-refractivity contribution is -0.147. The second kappa shape index (κ2) is 39.0. The molecule has 2 unspecified atom stereocenters. The second-order valence-electron chi connectivity index (χ2n) is 20.0. The van der Waals surface area contributed by atoms with Crippen LogP contribution in [0.15, 0.2) is 201 Å². The Kier molecular flexibility index (Phi) is 36.5. The van der Waals surface area contributed by atoms with Gasteiger partial charge in [-0.1, -0.05) is 150 Å². The Balaban J connectivity index is -0.00000130. The largest absolute Gasteiger partial charge is 1.51 e. The SMILES string of the molecule is C.C.C.C.C.CC(CC(C)(C)C(=O)O)c1ccccc1.CC(O)=C(N=Nc1cccc(NC(N)=O)c1)C(=O)Nc1cccc(N)c1.CC(O)=C(N=Nc1cccc(NC(N)=O)c1)C(=O)Nc1cccc(NC(=O)C(C)(C)CC(C)c2ccccc2)c1.[PH-2]. The highest BCUT2D eigenvalue weighted by molar-refractivity contribution is 6.92. The number of nitrogens with two attached hydrogens (primary N) is 3. The molecule has 0 fully saturated rings. The van der Waals surface area contributed by atoms with Crippen molar-refractivity contribution in [2.45, 2.75) is 117 Å². The number of amides is 7. The van der Waals surface area contributed by atoms with Gasteiger partial charge in [0.1, 0.15) is 11.5 Å². The van der Waals surface area contributed by atoms with Gasteiger partial charge in [-0.15, -0.1) is 10.2 Å². The Labute approximate surface area is 517 Å². The molecule has 6 aromatic carbocycles. The van der Waals surface area contributed by atoms with Crippen molar-refractivity contribution in [3.8, 4) is 0 Å². The summed E-state index contributed by atoms with van der Waals surface area (Å²) in [5.41, 5.74) is 19.7. The molecule has 0 heterocycles. The lowest BCUT2D eigenvalue weighted by Gasteiger charge is -2.27. The zero-order chi connectivity index (χ0) is 59.9. The smallest absolute Gasteiger partial charge is 0.316 e. The summed E-state index contributed by atoms with van der Waals surface area (Å²) in [6, 6.07) is 44.6. The molecule has 6 aromatic rings. The number of hydrogen-bond donors (Lipinski definition) is 11. The second-order valence-corrected chi connectivity index (χ2v) is 20.0. The van der Waals surface area contributed by atoms with Crippen LogP contribution in [-0.2, 0) is 19.2 Å². The summed E-state index contributed by atoms with van der Waals surface area (Å²) in [7, 11) is 0. The number of azo groups is 2. The molecule has 21 nitrogen and oxygen atoms in total. The average Bonchev–Trinajstić information content (AvgIpc) is 3.11. The Bertz CT molecular complexity index is 3290. The van der Waals surface area contributed by atoms with Crippen molar-refractivity contribution in [3.63, 3.8) is 0 Å². The molecule has 22 heteroatoms. The molecule has 6 rings (SSSR count). The number of nitrogens with zero attached hydrogens (tertiary/aromatic N) is 4. The van der Waals surface area contributed by atoms with Gasteiger partial charge < -0.3 is 69.0 Å². The molecule has 87 heavy (non-hydrogen) atoms. The molecule has 0 saturated heterocycles. The zero-order valence-electron chi connectivity index (χ0n) is 46.9. The van der Waals surface area contributed by atoms with E-state index in [1.807, 2.05) is 62.4 Å². The van der Waals surface area contributed by atoms with E-state index >= 15 is 0 Å². The van der Waals surface area contributed by atoms with Crippen LogP contribution in [-0.4, -0.2) is 51.1 Å². The number of carboxylic acid groups (broad SMARTS) is 1. The van der Waals surface area contributed by atoms with Crippen LogP contribution < -0.4 is 43.8 Å². The van der Waals surface area contributed by atoms with Crippen molar-refractivity contribution in [2.75, 3.05) is 32.3 Å². The fourth-order valence-electron chi connectivity index (χ4n) is 7.84. The summed E-state index contributed by atoms with van der Waals surface area (Å²) in [5.74, 6) is -2.40. The van der Waals surface area contributed by atoms with Crippen LogP contribution in [0, 0.1) is 10.8 Å². The van der Waals surface area contributed by atoms with Gasteiger partial charge in [-0.2, -0.15) is 10.2 Å². The predicted molar refractivity (Wildman–Crippen MR) is 358 cm³/mol. The normalized spacial score (nSPS) is 11.7. The quantitative estimate of drug-likeness (QED) is 0.0120. The van der Waals surface area contributed by atoms with E-state index in [2.05, 4.69) is 73.0 Å². The van der Waals surface area contributed by atoms with Gasteiger partial charge in [-0.05, 0) is 136 Å². The van der Waals surface area contributed by atoms with Gasteiger partial charge in [-0.25, -0.2) is 9.59 Å². The topological polar surface area (TPSA) is 351 Å². The summed E-state index contributed by atoms with van der Waals surface area (Å²) in [6.45, 7) is 14.1. The third kappa shape index (κ3) is 28.1. The van der Waals surface area contributed by atoms with Gasteiger partial charge in [0.2, 0.25) is 5.91 Å². The van der Waals surface area contributed by atoms with Crippen LogP contribution in [0.25, 0.3) is 0 Å². The Morgan fingerprint density at radius 1 is 0.460 bits per heavy atom. The number of carboxylic acids is 1. The summed E-state index contributed by atoms with van der Waals surface area (Å²) in [5, 5.41) is 57.4. The van der Waals surface area contributed by atoms with Gasteiger partial charge in [0, 0.05) is 39.5 Å². The van der Waals surface area contributed by atoms with Gasteiger partial charge in [0.15, 0.2) is 11.4 Å². The van der Waals surface area contributed by atoms with E-state index in [0.29, 0.717) is 58.3 Å². The maximum atomic E-state index is 13.1. The minimum absolute atomic E-state index is 0. The lowest BCUT2D eigenvalue weighted by Crippen LogP contribution is -2.32. The van der Waals surface area contributed by atoms with Crippen molar-refractivity contribution in [2.24, 2.45) is 42.8 Å². The molecule has 7 amide bonds. The Morgan fingerprint density at radius 2 is 0.793 bits per heavy atom. The number of carbonyl (C=O) groups excluding carboxylic acids is 5. The standard InChI is InChI=1S/C30H34N6O4.C17H18N6O3.C13H18O2.5CH4.HP/c1-19(21-10-6-5-7-11-21)18-30(3,4)28(39)33-23-13-8-12-22(16-23)32-27(38)26(20(2)37)36-35-25-15-9-14-24(17-25)34-29(31)40;1-10(24)15(16(25)20-12-5-2-4-11(18)8-12)23-22-14-7-3-6-13(9-14)21-17(19)26;1-10(9-13(2,3)12(14)15)11-7-5-4-6-8-11;;;;;;/h5-17,19,37H,18H2,1-4H3,(H,32,38)(H,33,39)(H3,31,34,40);2-9,24H,18H2,1H3,(H,20,25)(H3,19,21,26);4-8,10H,9H2,1-3H3,(H,14,15);5*1H4;1H/q;;;;;;;;-2. The van der Waals surface area contributed by atoms with Gasteiger partial charge in [-0.3, -0.25) is 19.2 Å². The summed E-state index contributed by atoms with van der Waals surface area (Å²) < 4.78 is 0. The Hall–Kier alpha value is -9.75. The highest BCUT2D eigenvalue weighted by Crippen LogP contribution is 2.34. The van der Waals surface area contributed by atoms with Gasteiger partial charge in [0.25, 0.3) is 11.8 Å². The minimum atomic E-state index is -0.732. The highest BCUT2D eigenvalue weighted by Gasteiger charge is 2.31. The van der Waals surface area contributed by atoms with Crippen molar-refractivity contribution in [1.29, 1.82) is 0 Å². The third-order valence-electron chi connectivity index (χ3n) is 12.0. The summed E-state index contributed by atoms with van der Waals surface area (Å²) >= 11 is 0. The number of rotatable bonds is 19. The van der Waals surface area contributed by atoms with Crippen molar-refractivity contribution >= 4 is 91.2 Å². The number of carbonyl (C=O) groups is 6. The van der Waals surface area contributed by atoms with Crippen molar-refractivity contribution in [1.82, 2.24) is 0 Å². The van der Waals surface area contributed by atoms with Crippen molar-refractivity contribution in [3.05, 3.63) is 192 Å². The van der Waals surface area contributed by atoms with E-state index in [0.717, 1.165) is 0 Å². The fourth-order valence-corrected chi connectivity index (χ4v) is 7.84. The van der Waals surface area contributed by atoms with E-state index in [4.69, 9.17) is 22.3 Å². The number of aliphatic hydroxyl groups is 2. The minimum Gasteiger partial charge on any atom is -1.51 e. The number of nitrogen functional groups attached to an aromatic ring is 1. The van der Waals surface area contributed by atoms with Crippen LogP contribution in [0.2, 0.25) is 0 Å². The fraction of sp³-hybridized carbons (Fsp3) is 0.292. The molecule has 0 saturated carbocycles. The average molecular weight is 1220 g/mol. The molecule has 0 aromatic heterocycles. The van der Waals surface area contributed by atoms with E-state index in [-0.39, 0.29) is 87.7 Å². The summed E-state index contributed by atoms with van der Waals surface area (Å²) in [6.07, 6.45) is 1.31. The number of nitrogens with one attached hydrogen (secondary N) is 5. The monoisotopic (exact) mass is 1210 g/mol. The number of primary amides is 2. The van der Waals surface area contributed by atoms with Crippen LogP contribution >= 0.6 is 9.90 Å². The first-order valence-electron chi connectivity index (χ1n) is 25.4. The number of anilines is 6. The van der Waals surface area contributed by atoms with Crippen LogP contribution in [0.5, 0.6) is 0 Å². The van der Waals surface area contributed by atoms with E-state index in [9.17, 15) is 39.0 Å². The third-order valence-corrected chi connectivity index (χ3v) is 12.0. The molecule has 0 spiro atoms. The molecule has 0 aliphatic heterocycles. The molecule has 472 valence electrons. The molecular formula is C65H91N12O9P-2. The van der Waals surface area contributed by atoms with Crippen LogP contribution in [0.3, 0.4) is 0 Å². The number of aliphatic carboxylic acids is 1. The first-order chi connectivity index (χ1) is 38.2. The number of benzene rings is 6. The molecule has 0 bridgehead atoms. The molecule has 0 aliphatic carbocycles. The number of allylic oxidation sites excluding steroid dienone is 2. The first-order valence-corrected chi connectivity index (χ1v) is 25.4. The highest BCUT2D eigenvalue weighted by atomic mass is 31.0. The zero-order valence-corrected chi connectivity index (χ0v) is 47.9. The lowest BCUT2D eigenvalue weighted by atomic mass is 9.80. The molecular weight excluding hydrogens is 1120 g/mol.